The molecule has 1 amide bonds. The first-order valence-corrected chi connectivity index (χ1v) is 9.45. The predicted molar refractivity (Wildman–Crippen MR) is 116 cm³/mol. The molecule has 148 valence electrons. The van der Waals surface area contributed by atoms with Crippen molar-refractivity contribution in [2.45, 2.75) is 46.1 Å². The summed E-state index contributed by atoms with van der Waals surface area (Å²) in [4.78, 5) is 24.5. The van der Waals surface area contributed by atoms with Crippen LogP contribution in [0.3, 0.4) is 0 Å². The quantitative estimate of drug-likeness (QED) is 0.271. The molecule has 1 aliphatic rings. The van der Waals surface area contributed by atoms with Crippen molar-refractivity contribution in [3.63, 3.8) is 0 Å². The van der Waals surface area contributed by atoms with Gasteiger partial charge in [0.15, 0.2) is 5.96 Å². The molecule has 2 rings (SSSR count). The second kappa shape index (κ2) is 12.9. The zero-order valence-corrected chi connectivity index (χ0v) is 18.4. The van der Waals surface area contributed by atoms with Gasteiger partial charge in [-0.05, 0) is 19.3 Å². The number of hydrogen-bond acceptors (Lipinski definition) is 3. The molecule has 0 atom stereocenters. The summed E-state index contributed by atoms with van der Waals surface area (Å²) in [5.74, 6) is 1.16. The molecule has 1 saturated heterocycles. The molecule has 8 heteroatoms. The Morgan fingerprint density at radius 1 is 1.15 bits per heavy atom. The number of carbonyl (C=O) groups excluding carboxylic acids is 1. The highest BCUT2D eigenvalue weighted by molar-refractivity contribution is 14.0. The Morgan fingerprint density at radius 2 is 1.88 bits per heavy atom. The van der Waals surface area contributed by atoms with E-state index in [0.717, 1.165) is 71.0 Å². The Morgan fingerprint density at radius 3 is 2.50 bits per heavy atom. The number of carbonyl (C=O) groups is 1. The van der Waals surface area contributed by atoms with E-state index in [1.165, 1.54) is 6.42 Å². The number of imidazole rings is 1. The van der Waals surface area contributed by atoms with Gasteiger partial charge < -0.3 is 19.7 Å². The van der Waals surface area contributed by atoms with E-state index in [4.69, 9.17) is 4.99 Å². The topological polar surface area (TPSA) is 65.8 Å². The van der Waals surface area contributed by atoms with Gasteiger partial charge in [0.25, 0.3) is 0 Å². The minimum absolute atomic E-state index is 0. The van der Waals surface area contributed by atoms with Crippen LogP contribution in [0.1, 0.15) is 39.5 Å². The maximum Gasteiger partial charge on any atom is 0.219 e. The number of amides is 1. The Bertz CT molecular complexity index is 526. The number of aromatic nitrogens is 2. The Labute approximate surface area is 174 Å². The summed E-state index contributed by atoms with van der Waals surface area (Å²) in [5.41, 5.74) is 0. The molecule has 1 aliphatic heterocycles. The minimum Gasteiger partial charge on any atom is -0.356 e. The van der Waals surface area contributed by atoms with Crippen LogP contribution in [-0.2, 0) is 11.3 Å². The number of nitrogens with zero attached hydrogens (tertiary/aromatic N) is 5. The van der Waals surface area contributed by atoms with Crippen LogP contribution < -0.4 is 5.32 Å². The van der Waals surface area contributed by atoms with E-state index >= 15 is 0 Å². The number of piperazine rings is 1. The van der Waals surface area contributed by atoms with Gasteiger partial charge in [-0.3, -0.25) is 9.79 Å². The first-order chi connectivity index (χ1) is 12.2. The highest BCUT2D eigenvalue weighted by atomic mass is 127. The maximum absolute atomic E-state index is 11.5. The van der Waals surface area contributed by atoms with Gasteiger partial charge in [0, 0.05) is 65.1 Å². The number of hydrogen-bond donors (Lipinski definition) is 1. The van der Waals surface area contributed by atoms with E-state index in [1.807, 2.05) is 23.6 Å². The van der Waals surface area contributed by atoms with E-state index in [-0.39, 0.29) is 29.9 Å². The molecule has 0 aromatic carbocycles. The molecule has 0 radical (unpaired) electrons. The normalized spacial score (nSPS) is 14.9. The summed E-state index contributed by atoms with van der Waals surface area (Å²) in [6, 6.07) is 0. The second-order valence-corrected chi connectivity index (χ2v) is 6.49. The van der Waals surface area contributed by atoms with Crippen molar-refractivity contribution >= 4 is 35.8 Å². The third-order valence-electron chi connectivity index (χ3n) is 4.48. The van der Waals surface area contributed by atoms with E-state index in [2.05, 4.69) is 26.7 Å². The fourth-order valence-corrected chi connectivity index (χ4v) is 2.89. The number of guanidine groups is 1. The van der Waals surface area contributed by atoms with E-state index in [1.54, 1.807) is 6.92 Å². The fourth-order valence-electron chi connectivity index (χ4n) is 2.89. The van der Waals surface area contributed by atoms with Crippen molar-refractivity contribution in [2.24, 2.45) is 4.99 Å². The standard InChI is InChI=1S/C18H32N6O.HI/c1-3-4-7-20-18(24-14-12-23(13-15-24)17(2)25)21-8-5-6-10-22-11-9-19-16-22;/h9,11,16H,3-8,10,12-15H2,1-2H3,(H,20,21);1H. The van der Waals surface area contributed by atoms with Crippen LogP contribution in [-0.4, -0.2) is 70.5 Å². The molecule has 0 spiro atoms. The van der Waals surface area contributed by atoms with Crippen LogP contribution in [0, 0.1) is 0 Å². The molecule has 2 heterocycles. The third kappa shape index (κ3) is 7.92. The van der Waals surface area contributed by atoms with Gasteiger partial charge in [-0.1, -0.05) is 13.3 Å². The summed E-state index contributed by atoms with van der Waals surface area (Å²) in [6.07, 6.45) is 10.1. The molecule has 0 unspecified atom stereocenters. The number of unbranched alkanes of at least 4 members (excludes halogenated alkanes) is 2. The smallest absolute Gasteiger partial charge is 0.219 e. The maximum atomic E-state index is 11.5. The van der Waals surface area contributed by atoms with Gasteiger partial charge in [-0.15, -0.1) is 24.0 Å². The average Bonchev–Trinajstić information content (AvgIpc) is 3.13. The third-order valence-corrected chi connectivity index (χ3v) is 4.48. The Balaban J connectivity index is 0.00000338. The second-order valence-electron chi connectivity index (χ2n) is 6.49. The lowest BCUT2D eigenvalue weighted by Crippen LogP contribution is -2.53. The molecule has 0 bridgehead atoms. The summed E-state index contributed by atoms with van der Waals surface area (Å²) in [5, 5.41) is 3.50. The number of aryl methyl sites for hydroxylation is 1. The van der Waals surface area contributed by atoms with Crippen molar-refractivity contribution in [2.75, 3.05) is 39.3 Å². The molecule has 0 saturated carbocycles. The van der Waals surface area contributed by atoms with Crippen molar-refractivity contribution in [1.82, 2.24) is 24.7 Å². The lowest BCUT2D eigenvalue weighted by atomic mass is 10.3. The van der Waals surface area contributed by atoms with Crippen LogP contribution in [0.4, 0.5) is 0 Å². The van der Waals surface area contributed by atoms with Crippen LogP contribution in [0.25, 0.3) is 0 Å². The molecule has 26 heavy (non-hydrogen) atoms. The van der Waals surface area contributed by atoms with Crippen molar-refractivity contribution in [3.8, 4) is 0 Å². The number of halogens is 1. The van der Waals surface area contributed by atoms with Crippen LogP contribution in [0.2, 0.25) is 0 Å². The predicted octanol–water partition coefficient (Wildman–Crippen LogP) is 2.19. The molecule has 1 N–H and O–H groups in total. The Kier molecular flexibility index (Phi) is 11.3. The monoisotopic (exact) mass is 476 g/mol. The highest BCUT2D eigenvalue weighted by Gasteiger charge is 2.20. The van der Waals surface area contributed by atoms with Crippen LogP contribution >= 0.6 is 24.0 Å². The van der Waals surface area contributed by atoms with Gasteiger partial charge in [0.1, 0.15) is 0 Å². The first-order valence-electron chi connectivity index (χ1n) is 9.45. The average molecular weight is 476 g/mol. The summed E-state index contributed by atoms with van der Waals surface area (Å²) in [6.45, 7) is 9.89. The molecule has 1 fully saturated rings. The number of nitrogens with one attached hydrogen (secondary N) is 1. The first kappa shape index (κ1) is 22.7. The van der Waals surface area contributed by atoms with Gasteiger partial charge in [-0.25, -0.2) is 4.98 Å². The van der Waals surface area contributed by atoms with Gasteiger partial charge >= 0.3 is 0 Å². The summed E-state index contributed by atoms with van der Waals surface area (Å²) >= 11 is 0. The summed E-state index contributed by atoms with van der Waals surface area (Å²) in [7, 11) is 0. The fraction of sp³-hybridized carbons (Fsp3) is 0.722. The molecule has 0 aliphatic carbocycles. The Hall–Kier alpha value is -1.32. The van der Waals surface area contributed by atoms with E-state index in [0.29, 0.717) is 0 Å². The highest BCUT2D eigenvalue weighted by Crippen LogP contribution is 2.04. The van der Waals surface area contributed by atoms with E-state index < -0.39 is 0 Å². The zero-order valence-electron chi connectivity index (χ0n) is 16.1. The van der Waals surface area contributed by atoms with Gasteiger partial charge in [0.2, 0.25) is 5.91 Å². The van der Waals surface area contributed by atoms with Crippen molar-refractivity contribution in [1.29, 1.82) is 0 Å². The number of rotatable bonds is 8. The number of aliphatic imine (C=N–C) groups is 1. The molecular weight excluding hydrogens is 443 g/mol. The van der Waals surface area contributed by atoms with Crippen molar-refractivity contribution in [3.05, 3.63) is 18.7 Å². The van der Waals surface area contributed by atoms with Crippen LogP contribution in [0.15, 0.2) is 23.7 Å². The van der Waals surface area contributed by atoms with Gasteiger partial charge in [-0.2, -0.15) is 0 Å². The minimum atomic E-state index is 0. The molecule has 1 aromatic rings. The lowest BCUT2D eigenvalue weighted by Gasteiger charge is -2.36. The largest absolute Gasteiger partial charge is 0.356 e. The molecule has 1 aromatic heterocycles. The lowest BCUT2D eigenvalue weighted by molar-refractivity contribution is -0.130. The SMILES string of the molecule is CCCCNC(=NCCCCn1ccnc1)N1CCN(C(C)=O)CC1.I. The molecular formula is C18H33IN6O. The van der Waals surface area contributed by atoms with Gasteiger partial charge in [0.05, 0.1) is 6.33 Å². The van der Waals surface area contributed by atoms with Crippen molar-refractivity contribution < 1.29 is 4.79 Å². The summed E-state index contributed by atoms with van der Waals surface area (Å²) < 4.78 is 2.10. The van der Waals surface area contributed by atoms with E-state index in [9.17, 15) is 4.79 Å². The molecule has 7 nitrogen and oxygen atoms in total. The zero-order chi connectivity index (χ0) is 17.9. The van der Waals surface area contributed by atoms with Crippen LogP contribution in [0.5, 0.6) is 0 Å².